The smallest absolute Gasteiger partial charge is 0.0160 e. The van der Waals surface area contributed by atoms with Gasteiger partial charge in [-0.05, 0) is 0 Å². The number of rotatable bonds is 2. The molecule has 0 amide bonds. The lowest BCUT2D eigenvalue weighted by Gasteiger charge is -2.34. The summed E-state index contributed by atoms with van der Waals surface area (Å²) in [4.78, 5) is 0. The first-order valence-corrected chi connectivity index (χ1v) is 4.82. The predicted molar refractivity (Wildman–Crippen MR) is 46.7 cm³/mol. The minimum absolute atomic E-state index is 0.541. The van der Waals surface area contributed by atoms with Crippen LogP contribution >= 0.6 is 11.0 Å². The van der Waals surface area contributed by atoms with Crippen molar-refractivity contribution in [1.29, 1.82) is 0 Å². The third-order valence-electron chi connectivity index (χ3n) is 0.904. The van der Waals surface area contributed by atoms with E-state index in [-0.39, 0.29) is 0 Å². The molecule has 0 aliphatic carbocycles. The van der Waals surface area contributed by atoms with Crippen LogP contribution in [0.1, 0.15) is 20.8 Å². The second-order valence-electron chi connectivity index (χ2n) is 1.51. The van der Waals surface area contributed by atoms with Crippen LogP contribution in [0.2, 0.25) is 0 Å². The first-order valence-electron chi connectivity index (χ1n) is 3.25. The Morgan fingerprint density at radius 1 is 1.40 bits per heavy atom. The maximum Gasteiger partial charge on any atom is 0.0160 e. The van der Waals surface area contributed by atoms with E-state index in [0.29, 0.717) is 6.54 Å². The molecule has 4 N–H and O–H groups in total. The Kier molecular flexibility index (Phi) is 7.62. The van der Waals surface area contributed by atoms with Gasteiger partial charge in [-0.15, -0.1) is 0 Å². The maximum absolute atomic E-state index is 8.63. The Labute approximate surface area is 64.6 Å². The van der Waals surface area contributed by atoms with Crippen molar-refractivity contribution in [3.05, 3.63) is 0 Å². The van der Waals surface area contributed by atoms with E-state index in [2.05, 4.69) is 0 Å². The highest BCUT2D eigenvalue weighted by Gasteiger charge is 2.08. The fourth-order valence-electron chi connectivity index (χ4n) is 0.190. The Hall–Kier alpha value is 0.190. The average Bonchev–Trinajstić information content (AvgIpc) is 1.89. The van der Waals surface area contributed by atoms with Gasteiger partial charge in [-0.2, -0.15) is 4.31 Å². The van der Waals surface area contributed by atoms with E-state index in [1.165, 1.54) is 4.31 Å². The molecule has 0 bridgehead atoms. The minimum atomic E-state index is -2.92. The van der Waals surface area contributed by atoms with Gasteiger partial charge in [0.25, 0.3) is 0 Å². The zero-order chi connectivity index (χ0) is 8.78. The molecule has 0 atom stereocenters. The van der Waals surface area contributed by atoms with Gasteiger partial charge in [-0.1, -0.05) is 31.7 Å². The third-order valence-corrected chi connectivity index (χ3v) is 2.08. The highest BCUT2D eigenvalue weighted by molar-refractivity contribution is 8.20. The van der Waals surface area contributed by atoms with E-state index < -0.39 is 11.0 Å². The van der Waals surface area contributed by atoms with E-state index >= 15 is 0 Å². The Morgan fingerprint density at radius 2 is 1.70 bits per heavy atom. The van der Waals surface area contributed by atoms with Crippen LogP contribution in [0.25, 0.3) is 0 Å². The first-order chi connectivity index (χ1) is 4.48. The molecule has 0 saturated heterocycles. The van der Waals surface area contributed by atoms with Crippen molar-refractivity contribution in [2.45, 2.75) is 20.8 Å². The molecule has 0 rings (SSSR count). The molecule has 5 heteroatoms. The quantitative estimate of drug-likeness (QED) is 0.587. The van der Waals surface area contributed by atoms with Crippen molar-refractivity contribution >= 4 is 11.0 Å². The number of hydrogen-bond donors (Lipinski definition) is 3. The van der Waals surface area contributed by atoms with E-state index in [1.807, 2.05) is 13.8 Å². The Balaban J connectivity index is 0. The van der Waals surface area contributed by atoms with E-state index in [1.54, 1.807) is 14.0 Å². The molecule has 0 saturated carbocycles. The van der Waals surface area contributed by atoms with Gasteiger partial charge in [0.1, 0.15) is 0 Å². The summed E-state index contributed by atoms with van der Waals surface area (Å²) in [7, 11) is -1.37. The van der Waals surface area contributed by atoms with Crippen molar-refractivity contribution in [2.75, 3.05) is 13.6 Å². The van der Waals surface area contributed by atoms with Gasteiger partial charge in [0.05, 0.1) is 0 Å². The largest absolute Gasteiger partial charge is 0.273 e. The fraction of sp³-hybridized carbons (Fsp3) is 1.00. The van der Waals surface area contributed by atoms with Gasteiger partial charge < -0.3 is 0 Å². The molecule has 66 valence electrons. The van der Waals surface area contributed by atoms with Crippen molar-refractivity contribution < 1.29 is 9.11 Å². The van der Waals surface area contributed by atoms with Crippen molar-refractivity contribution in [3.8, 4) is 0 Å². The zero-order valence-corrected chi connectivity index (χ0v) is 7.85. The SMILES string of the molecule is CC.CCN(C)S(N)(O)O. The monoisotopic (exact) mass is 170 g/mol. The van der Waals surface area contributed by atoms with Crippen LogP contribution in [0.4, 0.5) is 0 Å². The molecule has 0 aromatic carbocycles. The van der Waals surface area contributed by atoms with Gasteiger partial charge in [0.15, 0.2) is 0 Å². The van der Waals surface area contributed by atoms with Crippen molar-refractivity contribution in [2.24, 2.45) is 5.14 Å². The second-order valence-corrected chi connectivity index (χ2v) is 3.25. The number of nitrogens with zero attached hydrogens (tertiary/aromatic N) is 1. The van der Waals surface area contributed by atoms with Crippen LogP contribution < -0.4 is 5.14 Å². The van der Waals surface area contributed by atoms with Gasteiger partial charge in [0.2, 0.25) is 0 Å². The van der Waals surface area contributed by atoms with Gasteiger partial charge in [-0.3, -0.25) is 9.11 Å². The van der Waals surface area contributed by atoms with Crippen LogP contribution in [0.3, 0.4) is 0 Å². The summed E-state index contributed by atoms with van der Waals surface area (Å²) in [5, 5.41) is 4.91. The summed E-state index contributed by atoms with van der Waals surface area (Å²) in [6.45, 7) is 6.33. The van der Waals surface area contributed by atoms with Crippen LogP contribution in [-0.2, 0) is 0 Å². The zero-order valence-electron chi connectivity index (χ0n) is 7.03. The summed E-state index contributed by atoms with van der Waals surface area (Å²) in [5.74, 6) is 0. The summed E-state index contributed by atoms with van der Waals surface area (Å²) in [6.07, 6.45) is 0. The predicted octanol–water partition coefficient (Wildman–Crippen LogP) is 1.50. The molecule has 0 radical (unpaired) electrons. The standard InChI is InChI=1S/C3H12N2O2S.C2H6/c1-3-5(2)8(4,6)7;1-2/h6-7H,3-4H2,1-2H3;1-2H3. The number of nitrogens with two attached hydrogens (primary N) is 1. The lowest BCUT2D eigenvalue weighted by atomic mass is 10.8. The normalized spacial score (nSPS) is 12.4. The first kappa shape index (κ1) is 12.8. The molecular weight excluding hydrogens is 152 g/mol. The Bertz CT molecular complexity index is 74.5. The molecule has 0 aliphatic heterocycles. The highest BCUT2D eigenvalue weighted by atomic mass is 32.3. The maximum atomic E-state index is 8.63. The molecule has 4 nitrogen and oxygen atoms in total. The van der Waals surface area contributed by atoms with Crippen molar-refractivity contribution in [3.63, 3.8) is 0 Å². The van der Waals surface area contributed by atoms with Crippen molar-refractivity contribution in [1.82, 2.24) is 4.31 Å². The molecule has 0 spiro atoms. The van der Waals surface area contributed by atoms with Crippen LogP contribution in [0, 0.1) is 0 Å². The van der Waals surface area contributed by atoms with Gasteiger partial charge in [-0.25, -0.2) is 5.14 Å². The molecule has 0 aromatic rings. The molecular formula is C5H18N2O2S. The van der Waals surface area contributed by atoms with E-state index in [4.69, 9.17) is 14.2 Å². The van der Waals surface area contributed by atoms with Crippen LogP contribution in [0.5, 0.6) is 0 Å². The number of hydrogen-bond acceptors (Lipinski definition) is 4. The molecule has 0 unspecified atom stereocenters. The topological polar surface area (TPSA) is 69.7 Å². The molecule has 10 heavy (non-hydrogen) atoms. The lowest BCUT2D eigenvalue weighted by molar-refractivity contribution is 0.394. The molecule has 0 aromatic heterocycles. The summed E-state index contributed by atoms with van der Waals surface area (Å²) in [6, 6.07) is 0. The second kappa shape index (κ2) is 5.94. The van der Waals surface area contributed by atoms with Gasteiger partial charge in [0, 0.05) is 13.6 Å². The minimum Gasteiger partial charge on any atom is -0.273 e. The highest BCUT2D eigenvalue weighted by Crippen LogP contribution is 2.30. The Morgan fingerprint density at radius 3 is 1.70 bits per heavy atom. The third kappa shape index (κ3) is 6.31. The average molecular weight is 170 g/mol. The molecule has 0 heterocycles. The summed E-state index contributed by atoms with van der Waals surface area (Å²) in [5.41, 5.74) is 0. The van der Waals surface area contributed by atoms with Crippen LogP contribution in [-0.4, -0.2) is 27.0 Å². The lowest BCUT2D eigenvalue weighted by Crippen LogP contribution is -2.28. The molecule has 0 fully saturated rings. The van der Waals surface area contributed by atoms with E-state index in [0.717, 1.165) is 0 Å². The molecule has 0 aliphatic rings. The fourth-order valence-corrected chi connectivity index (χ4v) is 0.570. The summed E-state index contributed by atoms with van der Waals surface area (Å²) < 4.78 is 18.5. The van der Waals surface area contributed by atoms with Gasteiger partial charge >= 0.3 is 0 Å². The van der Waals surface area contributed by atoms with E-state index in [9.17, 15) is 0 Å². The summed E-state index contributed by atoms with van der Waals surface area (Å²) >= 11 is 0. The van der Waals surface area contributed by atoms with Crippen LogP contribution in [0.15, 0.2) is 0 Å².